The fourth-order valence-electron chi connectivity index (χ4n) is 2.83. The molecule has 2 rings (SSSR count). The summed E-state index contributed by atoms with van der Waals surface area (Å²) in [4.78, 5) is 2.43. The van der Waals surface area contributed by atoms with Crippen LogP contribution in [0.1, 0.15) is 29.5 Å². The highest BCUT2D eigenvalue weighted by atomic mass is 15.1. The largest absolute Gasteiger partial charge is 0.313 e. The van der Waals surface area contributed by atoms with E-state index in [0.29, 0.717) is 6.04 Å². The standard InChI is InChI=1S/C15H24N2/c1-12-7-13(2)9-14(8-12)10-17(3)11-15-5-4-6-16-15/h7-9,15-16H,4-6,10-11H2,1-3H3. The topological polar surface area (TPSA) is 15.3 Å². The van der Waals surface area contributed by atoms with Crippen LogP contribution in [0.3, 0.4) is 0 Å². The fraction of sp³-hybridized carbons (Fsp3) is 0.600. The maximum absolute atomic E-state index is 3.55. The average molecular weight is 232 g/mol. The molecule has 1 atom stereocenters. The zero-order valence-electron chi connectivity index (χ0n) is 11.3. The molecule has 94 valence electrons. The molecule has 1 fully saturated rings. The van der Waals surface area contributed by atoms with Crippen LogP contribution in [0.2, 0.25) is 0 Å². The summed E-state index contributed by atoms with van der Waals surface area (Å²) in [5.41, 5.74) is 4.17. The van der Waals surface area contributed by atoms with Gasteiger partial charge in [0.15, 0.2) is 0 Å². The van der Waals surface area contributed by atoms with Crippen molar-refractivity contribution in [1.82, 2.24) is 10.2 Å². The zero-order valence-corrected chi connectivity index (χ0v) is 11.3. The summed E-state index contributed by atoms with van der Waals surface area (Å²) in [6.07, 6.45) is 2.67. The first-order valence-corrected chi connectivity index (χ1v) is 6.62. The maximum atomic E-state index is 3.55. The first-order valence-electron chi connectivity index (χ1n) is 6.62. The lowest BCUT2D eigenvalue weighted by atomic mass is 10.1. The van der Waals surface area contributed by atoms with E-state index in [9.17, 15) is 0 Å². The van der Waals surface area contributed by atoms with E-state index in [0.717, 1.165) is 13.1 Å². The third-order valence-electron chi connectivity index (χ3n) is 3.43. The van der Waals surface area contributed by atoms with Gasteiger partial charge in [0.1, 0.15) is 0 Å². The van der Waals surface area contributed by atoms with E-state index in [1.54, 1.807) is 0 Å². The molecule has 1 aliphatic heterocycles. The number of nitrogens with zero attached hydrogens (tertiary/aromatic N) is 1. The number of hydrogen-bond donors (Lipinski definition) is 1. The molecule has 1 aromatic rings. The summed E-state index contributed by atoms with van der Waals surface area (Å²) in [7, 11) is 2.22. The smallest absolute Gasteiger partial charge is 0.0231 e. The Balaban J connectivity index is 1.90. The van der Waals surface area contributed by atoms with Gasteiger partial charge in [-0.15, -0.1) is 0 Å². The van der Waals surface area contributed by atoms with Gasteiger partial charge in [0.05, 0.1) is 0 Å². The third-order valence-corrected chi connectivity index (χ3v) is 3.43. The van der Waals surface area contributed by atoms with Crippen molar-refractivity contribution in [2.75, 3.05) is 20.1 Å². The van der Waals surface area contributed by atoms with E-state index in [1.165, 1.54) is 36.1 Å². The van der Waals surface area contributed by atoms with E-state index in [2.05, 4.69) is 49.3 Å². The number of hydrogen-bond acceptors (Lipinski definition) is 2. The van der Waals surface area contributed by atoms with Crippen LogP contribution in [0.5, 0.6) is 0 Å². The number of aryl methyl sites for hydroxylation is 2. The van der Waals surface area contributed by atoms with Gasteiger partial charge in [0.2, 0.25) is 0 Å². The summed E-state index contributed by atoms with van der Waals surface area (Å²) in [5.74, 6) is 0. The lowest BCUT2D eigenvalue weighted by Crippen LogP contribution is -2.34. The number of likely N-dealkylation sites (N-methyl/N-ethyl adjacent to an activating group) is 1. The Labute approximate surface area is 105 Å². The van der Waals surface area contributed by atoms with Crippen molar-refractivity contribution >= 4 is 0 Å². The molecule has 0 saturated carbocycles. The van der Waals surface area contributed by atoms with Gasteiger partial charge in [-0.25, -0.2) is 0 Å². The molecule has 0 aromatic heterocycles. The van der Waals surface area contributed by atoms with Crippen LogP contribution in [0.15, 0.2) is 18.2 Å². The Morgan fingerprint density at radius 2 is 1.94 bits per heavy atom. The molecule has 2 nitrogen and oxygen atoms in total. The van der Waals surface area contributed by atoms with Gasteiger partial charge in [-0.1, -0.05) is 29.3 Å². The van der Waals surface area contributed by atoms with E-state index in [-0.39, 0.29) is 0 Å². The van der Waals surface area contributed by atoms with Crippen molar-refractivity contribution < 1.29 is 0 Å². The predicted molar refractivity (Wildman–Crippen MR) is 73.3 cm³/mol. The lowest BCUT2D eigenvalue weighted by Gasteiger charge is -2.21. The molecule has 2 heteroatoms. The summed E-state index contributed by atoms with van der Waals surface area (Å²) in [6.45, 7) is 7.76. The molecular weight excluding hydrogens is 208 g/mol. The van der Waals surface area contributed by atoms with Gasteiger partial charge < -0.3 is 10.2 Å². The number of benzene rings is 1. The molecule has 0 bridgehead atoms. The molecular formula is C15H24N2. The molecule has 1 aromatic carbocycles. The first-order chi connectivity index (χ1) is 8.13. The highest BCUT2D eigenvalue weighted by molar-refractivity contribution is 5.28. The number of rotatable bonds is 4. The quantitative estimate of drug-likeness (QED) is 0.858. The fourth-order valence-corrected chi connectivity index (χ4v) is 2.83. The molecule has 0 amide bonds. The molecule has 1 heterocycles. The molecule has 1 unspecified atom stereocenters. The van der Waals surface area contributed by atoms with Crippen molar-refractivity contribution in [3.63, 3.8) is 0 Å². The second-order valence-corrected chi connectivity index (χ2v) is 5.49. The minimum atomic E-state index is 0.700. The van der Waals surface area contributed by atoms with Crippen molar-refractivity contribution in [3.05, 3.63) is 34.9 Å². The van der Waals surface area contributed by atoms with E-state index >= 15 is 0 Å². The molecule has 1 saturated heterocycles. The highest BCUT2D eigenvalue weighted by Crippen LogP contribution is 2.12. The van der Waals surface area contributed by atoms with E-state index in [4.69, 9.17) is 0 Å². The molecule has 0 radical (unpaired) electrons. The van der Waals surface area contributed by atoms with Crippen LogP contribution in [0.25, 0.3) is 0 Å². The highest BCUT2D eigenvalue weighted by Gasteiger charge is 2.15. The monoisotopic (exact) mass is 232 g/mol. The van der Waals surface area contributed by atoms with Crippen LogP contribution in [-0.2, 0) is 6.54 Å². The van der Waals surface area contributed by atoms with Gasteiger partial charge in [-0.05, 0) is 45.8 Å². The normalized spacial score (nSPS) is 20.1. The van der Waals surface area contributed by atoms with Crippen LogP contribution < -0.4 is 5.32 Å². The minimum absolute atomic E-state index is 0.700. The van der Waals surface area contributed by atoms with E-state index < -0.39 is 0 Å². The van der Waals surface area contributed by atoms with Crippen molar-refractivity contribution in [2.24, 2.45) is 0 Å². The van der Waals surface area contributed by atoms with Gasteiger partial charge in [0.25, 0.3) is 0 Å². The van der Waals surface area contributed by atoms with E-state index in [1.807, 2.05) is 0 Å². The second kappa shape index (κ2) is 5.65. The minimum Gasteiger partial charge on any atom is -0.313 e. The molecule has 0 aliphatic carbocycles. The Morgan fingerprint density at radius 3 is 2.53 bits per heavy atom. The van der Waals surface area contributed by atoms with Crippen LogP contribution in [0, 0.1) is 13.8 Å². The summed E-state index contributed by atoms with van der Waals surface area (Å²) in [5, 5.41) is 3.55. The predicted octanol–water partition coefficient (Wildman–Crippen LogP) is 2.49. The summed E-state index contributed by atoms with van der Waals surface area (Å²) < 4.78 is 0. The van der Waals surface area contributed by atoms with Crippen molar-refractivity contribution in [1.29, 1.82) is 0 Å². The SMILES string of the molecule is Cc1cc(C)cc(CN(C)CC2CCCN2)c1. The summed E-state index contributed by atoms with van der Waals surface area (Å²) in [6, 6.07) is 7.53. The van der Waals surface area contributed by atoms with Crippen molar-refractivity contribution in [2.45, 2.75) is 39.3 Å². The molecule has 1 N–H and O–H groups in total. The molecule has 17 heavy (non-hydrogen) atoms. The Hall–Kier alpha value is -0.860. The maximum Gasteiger partial charge on any atom is 0.0231 e. The summed E-state index contributed by atoms with van der Waals surface area (Å²) >= 11 is 0. The van der Waals surface area contributed by atoms with Gasteiger partial charge in [-0.3, -0.25) is 0 Å². The first kappa shape index (κ1) is 12.6. The number of nitrogens with one attached hydrogen (secondary N) is 1. The lowest BCUT2D eigenvalue weighted by molar-refractivity contribution is 0.293. The average Bonchev–Trinajstić information content (AvgIpc) is 2.67. The van der Waals surface area contributed by atoms with Gasteiger partial charge >= 0.3 is 0 Å². The Kier molecular flexibility index (Phi) is 4.19. The van der Waals surface area contributed by atoms with Gasteiger partial charge in [-0.2, -0.15) is 0 Å². The third kappa shape index (κ3) is 3.83. The Bertz CT molecular complexity index is 347. The van der Waals surface area contributed by atoms with Crippen LogP contribution >= 0.6 is 0 Å². The molecule has 0 spiro atoms. The van der Waals surface area contributed by atoms with Gasteiger partial charge in [0, 0.05) is 19.1 Å². The second-order valence-electron chi connectivity index (χ2n) is 5.49. The van der Waals surface area contributed by atoms with Crippen LogP contribution in [-0.4, -0.2) is 31.1 Å². The Morgan fingerprint density at radius 1 is 1.24 bits per heavy atom. The molecule has 1 aliphatic rings. The van der Waals surface area contributed by atoms with Crippen molar-refractivity contribution in [3.8, 4) is 0 Å². The zero-order chi connectivity index (χ0) is 12.3. The van der Waals surface area contributed by atoms with Crippen LogP contribution in [0.4, 0.5) is 0 Å².